The molecule has 2 atom stereocenters. The Morgan fingerprint density at radius 3 is 3.05 bits per heavy atom. The van der Waals surface area contributed by atoms with Crippen LogP contribution in [0.25, 0.3) is 0 Å². The zero-order valence-electron chi connectivity index (χ0n) is 12.3. The number of nitrogens with zero attached hydrogens (tertiary/aromatic N) is 2. The van der Waals surface area contributed by atoms with Crippen molar-refractivity contribution in [3.63, 3.8) is 0 Å². The summed E-state index contributed by atoms with van der Waals surface area (Å²) in [6.07, 6.45) is 9.58. The fraction of sp³-hybridized carbons (Fsp3) is 0.800. The van der Waals surface area contributed by atoms with Crippen LogP contribution in [0.3, 0.4) is 0 Å². The maximum atomic E-state index is 5.71. The molecule has 0 aliphatic carbocycles. The molecule has 0 amide bonds. The third kappa shape index (κ3) is 4.62. The van der Waals surface area contributed by atoms with E-state index in [4.69, 9.17) is 4.74 Å². The molecule has 0 spiro atoms. The third-order valence-corrected chi connectivity index (χ3v) is 4.03. The molecule has 0 saturated carbocycles. The number of ether oxygens (including phenoxy) is 1. The van der Waals surface area contributed by atoms with Crippen LogP contribution in [-0.2, 0) is 18.2 Å². The first-order valence-corrected chi connectivity index (χ1v) is 7.61. The van der Waals surface area contributed by atoms with Crippen LogP contribution < -0.4 is 5.32 Å². The Labute approximate surface area is 116 Å². The highest BCUT2D eigenvalue weighted by Crippen LogP contribution is 2.19. The molecule has 2 rings (SSSR count). The van der Waals surface area contributed by atoms with Gasteiger partial charge < -0.3 is 10.1 Å². The van der Waals surface area contributed by atoms with Gasteiger partial charge in [-0.1, -0.05) is 6.92 Å². The monoisotopic (exact) mass is 265 g/mol. The normalized spacial score (nSPS) is 20.8. The van der Waals surface area contributed by atoms with E-state index in [1.807, 2.05) is 17.9 Å². The number of hydrogen-bond acceptors (Lipinski definition) is 3. The van der Waals surface area contributed by atoms with Crippen molar-refractivity contribution in [3.8, 4) is 0 Å². The van der Waals surface area contributed by atoms with Crippen molar-refractivity contribution in [2.45, 2.75) is 57.6 Å². The Balaban J connectivity index is 1.73. The minimum atomic E-state index is 0.512. The van der Waals surface area contributed by atoms with Gasteiger partial charge in [-0.05, 0) is 51.1 Å². The maximum Gasteiger partial charge on any atom is 0.0576 e. The van der Waals surface area contributed by atoms with Crippen molar-refractivity contribution >= 4 is 0 Å². The molecule has 2 unspecified atom stereocenters. The molecule has 4 heteroatoms. The van der Waals surface area contributed by atoms with Gasteiger partial charge in [-0.3, -0.25) is 4.68 Å². The van der Waals surface area contributed by atoms with Crippen LogP contribution >= 0.6 is 0 Å². The molecule has 1 N–H and O–H groups in total. The van der Waals surface area contributed by atoms with E-state index in [1.165, 1.54) is 37.8 Å². The van der Waals surface area contributed by atoms with Gasteiger partial charge in [0.15, 0.2) is 0 Å². The number of aryl methyl sites for hydroxylation is 2. The average molecular weight is 265 g/mol. The van der Waals surface area contributed by atoms with Gasteiger partial charge in [0.05, 0.1) is 6.10 Å². The lowest BCUT2D eigenvalue weighted by Gasteiger charge is -2.19. The number of rotatable bonds is 8. The number of nitrogens with one attached hydrogen (secondary N) is 1. The predicted molar refractivity (Wildman–Crippen MR) is 77.2 cm³/mol. The van der Waals surface area contributed by atoms with Crippen LogP contribution in [-0.4, -0.2) is 35.1 Å². The molecule has 2 heterocycles. The molecule has 1 saturated heterocycles. The summed E-state index contributed by atoms with van der Waals surface area (Å²) >= 11 is 0. The van der Waals surface area contributed by atoms with Gasteiger partial charge in [-0.25, -0.2) is 0 Å². The highest BCUT2D eigenvalue weighted by molar-refractivity contribution is 5.00. The zero-order valence-corrected chi connectivity index (χ0v) is 12.3. The molecule has 0 aromatic carbocycles. The van der Waals surface area contributed by atoms with E-state index >= 15 is 0 Å². The van der Waals surface area contributed by atoms with Gasteiger partial charge in [0.25, 0.3) is 0 Å². The standard InChI is InChI=1S/C15H27N3O/c1-3-16-13(7-9-15-5-4-12-19-15)6-8-14-10-11-17-18(14)2/h10-11,13,15-16H,3-9,12H2,1-2H3. The van der Waals surface area contributed by atoms with Crippen molar-refractivity contribution in [1.82, 2.24) is 15.1 Å². The SMILES string of the molecule is CCNC(CCc1ccnn1C)CCC1CCCO1. The minimum Gasteiger partial charge on any atom is -0.378 e. The van der Waals surface area contributed by atoms with Crippen molar-refractivity contribution < 1.29 is 4.74 Å². The smallest absolute Gasteiger partial charge is 0.0576 e. The quantitative estimate of drug-likeness (QED) is 0.784. The summed E-state index contributed by atoms with van der Waals surface area (Å²) in [5.74, 6) is 0. The van der Waals surface area contributed by atoms with Gasteiger partial charge in [-0.15, -0.1) is 0 Å². The van der Waals surface area contributed by atoms with Crippen molar-refractivity contribution in [2.24, 2.45) is 7.05 Å². The lowest BCUT2D eigenvalue weighted by Crippen LogP contribution is -2.30. The Hall–Kier alpha value is -0.870. The summed E-state index contributed by atoms with van der Waals surface area (Å²) in [5.41, 5.74) is 1.32. The summed E-state index contributed by atoms with van der Waals surface area (Å²) in [6.45, 7) is 4.19. The second-order valence-corrected chi connectivity index (χ2v) is 5.45. The Morgan fingerprint density at radius 2 is 2.42 bits per heavy atom. The molecule has 1 fully saturated rings. The van der Waals surface area contributed by atoms with Crippen LogP contribution in [0.5, 0.6) is 0 Å². The molecular weight excluding hydrogens is 238 g/mol. The van der Waals surface area contributed by atoms with Crippen molar-refractivity contribution in [1.29, 1.82) is 0 Å². The molecule has 0 bridgehead atoms. The van der Waals surface area contributed by atoms with Crippen LogP contribution in [0.1, 0.15) is 44.7 Å². The molecule has 0 radical (unpaired) electrons. The topological polar surface area (TPSA) is 39.1 Å². The van der Waals surface area contributed by atoms with Crippen LogP contribution in [0.15, 0.2) is 12.3 Å². The van der Waals surface area contributed by atoms with E-state index in [0.29, 0.717) is 12.1 Å². The van der Waals surface area contributed by atoms with Crippen molar-refractivity contribution in [2.75, 3.05) is 13.2 Å². The number of hydrogen-bond donors (Lipinski definition) is 1. The van der Waals surface area contributed by atoms with E-state index in [9.17, 15) is 0 Å². The molecule has 1 aromatic heterocycles. The van der Waals surface area contributed by atoms with Gasteiger partial charge in [0.1, 0.15) is 0 Å². The fourth-order valence-corrected chi connectivity index (χ4v) is 2.86. The van der Waals surface area contributed by atoms with Gasteiger partial charge in [-0.2, -0.15) is 5.10 Å². The fourth-order valence-electron chi connectivity index (χ4n) is 2.86. The van der Waals surface area contributed by atoms with Crippen LogP contribution in [0.4, 0.5) is 0 Å². The molecule has 1 aliphatic rings. The first kappa shape index (κ1) is 14.5. The Morgan fingerprint density at radius 1 is 1.53 bits per heavy atom. The minimum absolute atomic E-state index is 0.512. The average Bonchev–Trinajstić information content (AvgIpc) is 3.04. The van der Waals surface area contributed by atoms with Gasteiger partial charge in [0, 0.05) is 31.6 Å². The van der Waals surface area contributed by atoms with E-state index in [-0.39, 0.29) is 0 Å². The van der Waals surface area contributed by atoms with Gasteiger partial charge >= 0.3 is 0 Å². The lowest BCUT2D eigenvalue weighted by molar-refractivity contribution is 0.0993. The largest absolute Gasteiger partial charge is 0.378 e. The third-order valence-electron chi connectivity index (χ3n) is 4.03. The van der Waals surface area contributed by atoms with Crippen LogP contribution in [0, 0.1) is 0 Å². The highest BCUT2D eigenvalue weighted by Gasteiger charge is 2.17. The highest BCUT2D eigenvalue weighted by atomic mass is 16.5. The number of aromatic nitrogens is 2. The maximum absolute atomic E-state index is 5.71. The predicted octanol–water partition coefficient (Wildman–Crippen LogP) is 2.29. The molecule has 19 heavy (non-hydrogen) atoms. The van der Waals surface area contributed by atoms with E-state index in [0.717, 1.165) is 19.6 Å². The first-order chi connectivity index (χ1) is 9.29. The molecule has 1 aromatic rings. The summed E-state index contributed by atoms with van der Waals surface area (Å²) in [7, 11) is 2.02. The molecule has 1 aliphatic heterocycles. The van der Waals surface area contributed by atoms with Crippen molar-refractivity contribution in [3.05, 3.63) is 18.0 Å². The molecule has 108 valence electrons. The van der Waals surface area contributed by atoms with E-state index < -0.39 is 0 Å². The zero-order chi connectivity index (χ0) is 13.5. The second-order valence-electron chi connectivity index (χ2n) is 5.45. The summed E-state index contributed by atoms with van der Waals surface area (Å²) < 4.78 is 7.68. The lowest BCUT2D eigenvalue weighted by atomic mass is 10.0. The second kappa shape index (κ2) is 7.65. The molecular formula is C15H27N3O. The summed E-state index contributed by atoms with van der Waals surface area (Å²) in [6, 6.07) is 2.72. The van der Waals surface area contributed by atoms with E-state index in [1.54, 1.807) is 0 Å². The molecule has 4 nitrogen and oxygen atoms in total. The van der Waals surface area contributed by atoms with Gasteiger partial charge in [0.2, 0.25) is 0 Å². The first-order valence-electron chi connectivity index (χ1n) is 7.61. The van der Waals surface area contributed by atoms with E-state index in [2.05, 4.69) is 23.4 Å². The summed E-state index contributed by atoms with van der Waals surface area (Å²) in [4.78, 5) is 0. The van der Waals surface area contributed by atoms with Crippen LogP contribution in [0.2, 0.25) is 0 Å². The summed E-state index contributed by atoms with van der Waals surface area (Å²) in [5, 5.41) is 7.83. The Bertz CT molecular complexity index is 358. The Kier molecular flexibility index (Phi) is 5.86.